The van der Waals surface area contributed by atoms with E-state index in [0.717, 1.165) is 46.5 Å². The van der Waals surface area contributed by atoms with E-state index in [1.165, 1.54) is 0 Å². The molecule has 0 bridgehead atoms. The number of aromatic hydroxyl groups is 2. The van der Waals surface area contributed by atoms with E-state index >= 15 is 0 Å². The average molecular weight is 669 g/mol. The van der Waals surface area contributed by atoms with E-state index in [2.05, 4.69) is 20.3 Å². The zero-order valence-electron chi connectivity index (χ0n) is 27.8. The molecule has 254 valence electrons. The Balaban J connectivity index is 0.000000204. The molecule has 6 N–H and O–H groups in total. The van der Waals surface area contributed by atoms with Gasteiger partial charge in [0.2, 0.25) is 0 Å². The molecule has 0 aliphatic rings. The number of carboxylic acid groups (broad SMARTS) is 1. The molecule has 1 unspecified atom stereocenters. The van der Waals surface area contributed by atoms with Gasteiger partial charge in [-0.05, 0) is 66.1 Å². The number of aromatic nitrogens is 4. The fourth-order valence-electron chi connectivity index (χ4n) is 5.19. The van der Waals surface area contributed by atoms with Crippen LogP contribution in [0.15, 0.2) is 122 Å². The molecule has 0 saturated carbocycles. The van der Waals surface area contributed by atoms with Crippen molar-refractivity contribution < 1.29 is 20.1 Å². The highest BCUT2D eigenvalue weighted by Crippen LogP contribution is 2.25. The maximum absolute atomic E-state index is 11.7. The van der Waals surface area contributed by atoms with E-state index < -0.39 is 12.0 Å². The Labute approximate surface area is 291 Å². The number of phenols is 2. The van der Waals surface area contributed by atoms with Crippen molar-refractivity contribution in [3.63, 3.8) is 0 Å². The van der Waals surface area contributed by atoms with Crippen molar-refractivity contribution in [1.29, 1.82) is 0 Å². The molecule has 0 saturated heterocycles. The van der Waals surface area contributed by atoms with Gasteiger partial charge in [-0.2, -0.15) is 0 Å². The lowest BCUT2D eigenvalue weighted by atomic mass is 10.1. The number of nitrogen functional groups attached to an aromatic ring is 1. The summed E-state index contributed by atoms with van der Waals surface area (Å²) in [5.41, 5.74) is 12.7. The van der Waals surface area contributed by atoms with Crippen molar-refractivity contribution in [3.8, 4) is 34.0 Å². The molecule has 10 nitrogen and oxygen atoms in total. The first-order chi connectivity index (χ1) is 24.3. The quantitative estimate of drug-likeness (QED) is 0.0880. The second-order valence-corrected chi connectivity index (χ2v) is 11.7. The molecule has 6 aromatic rings. The highest BCUT2D eigenvalue weighted by atomic mass is 16.4. The number of carboxylic acids is 1. The Morgan fingerprint density at radius 3 is 1.68 bits per heavy atom. The summed E-state index contributed by atoms with van der Waals surface area (Å²) in [6.45, 7) is 2.03. The van der Waals surface area contributed by atoms with Gasteiger partial charge < -0.3 is 26.4 Å². The first-order valence-electron chi connectivity index (χ1n) is 16.4. The van der Waals surface area contributed by atoms with Gasteiger partial charge in [-0.15, -0.1) is 0 Å². The standard InChI is InChI=1S/C23H25N3O3.C17H15N3O/c1-2-3-9-19(23(28)29)26-22-20(14-16-7-5-4-6-8-16)25-21(15-24-22)17-10-12-18(27)13-11-17;18-17-15(10-12-4-2-1-3-5-12)20-16(11-19-17)13-6-8-14(21)9-7-13/h4-8,10-13,15,19,27H,2-3,9,14H2,1H3,(H,24,26)(H,28,29);1-9,11,21H,10H2,(H2,18,19). The zero-order valence-corrected chi connectivity index (χ0v) is 27.8. The molecule has 2 heterocycles. The number of nitrogens with zero attached hydrogens (tertiary/aromatic N) is 4. The minimum atomic E-state index is -0.895. The number of aliphatic carboxylic acids is 1. The van der Waals surface area contributed by atoms with Gasteiger partial charge in [0, 0.05) is 24.0 Å². The van der Waals surface area contributed by atoms with Crippen LogP contribution in [0.3, 0.4) is 0 Å². The van der Waals surface area contributed by atoms with Crippen LogP contribution >= 0.6 is 0 Å². The van der Waals surface area contributed by atoms with Crippen molar-refractivity contribution >= 4 is 17.6 Å². The molecular weight excluding hydrogens is 628 g/mol. The number of benzene rings is 4. The largest absolute Gasteiger partial charge is 0.508 e. The Bertz CT molecular complexity index is 1970. The fourth-order valence-corrected chi connectivity index (χ4v) is 5.19. The summed E-state index contributed by atoms with van der Waals surface area (Å²) in [4.78, 5) is 29.8. The molecule has 0 radical (unpaired) electrons. The van der Waals surface area contributed by atoms with Crippen molar-refractivity contribution in [2.45, 2.75) is 45.1 Å². The van der Waals surface area contributed by atoms with Crippen molar-refractivity contribution in [2.24, 2.45) is 0 Å². The Morgan fingerprint density at radius 2 is 1.18 bits per heavy atom. The highest BCUT2D eigenvalue weighted by Gasteiger charge is 2.20. The Kier molecular flexibility index (Phi) is 12.1. The van der Waals surface area contributed by atoms with E-state index in [1.807, 2.05) is 79.7 Å². The third kappa shape index (κ3) is 9.86. The van der Waals surface area contributed by atoms with Crippen LogP contribution in [0, 0.1) is 0 Å². The molecule has 0 spiro atoms. The number of hydrogen-bond donors (Lipinski definition) is 5. The second kappa shape index (κ2) is 17.2. The zero-order chi connectivity index (χ0) is 35.3. The first kappa shape index (κ1) is 35.0. The van der Waals surface area contributed by atoms with Gasteiger partial charge in [0.15, 0.2) is 0 Å². The molecule has 2 aromatic heterocycles. The summed E-state index contributed by atoms with van der Waals surface area (Å²) < 4.78 is 0. The number of anilines is 2. The Hall–Kier alpha value is -6.29. The predicted octanol–water partition coefficient (Wildman–Crippen LogP) is 7.52. The predicted molar refractivity (Wildman–Crippen MR) is 196 cm³/mol. The van der Waals surface area contributed by atoms with Crippen LogP contribution in [-0.4, -0.2) is 47.3 Å². The van der Waals surface area contributed by atoms with Gasteiger partial charge in [-0.25, -0.2) is 24.7 Å². The summed E-state index contributed by atoms with van der Waals surface area (Å²) in [6, 6.07) is 32.8. The number of hydrogen-bond acceptors (Lipinski definition) is 9. The van der Waals surface area contributed by atoms with Gasteiger partial charge >= 0.3 is 5.97 Å². The van der Waals surface area contributed by atoms with Crippen LogP contribution < -0.4 is 11.1 Å². The third-order valence-corrected chi connectivity index (χ3v) is 7.93. The van der Waals surface area contributed by atoms with E-state index in [4.69, 9.17) is 10.7 Å². The summed E-state index contributed by atoms with van der Waals surface area (Å²) >= 11 is 0. The van der Waals surface area contributed by atoms with Crippen LogP contribution in [0.1, 0.15) is 48.7 Å². The number of phenolic OH excluding ortho intramolecular Hbond substituents is 2. The van der Waals surface area contributed by atoms with Crippen molar-refractivity contribution in [3.05, 3.63) is 144 Å². The molecule has 0 aliphatic carbocycles. The summed E-state index contributed by atoms with van der Waals surface area (Å²) in [5.74, 6) is 0.450. The van der Waals surface area contributed by atoms with Crippen LogP contribution in [0.4, 0.5) is 11.6 Å². The van der Waals surface area contributed by atoms with Crippen molar-refractivity contribution in [1.82, 2.24) is 19.9 Å². The second-order valence-electron chi connectivity index (χ2n) is 11.7. The van der Waals surface area contributed by atoms with Crippen LogP contribution in [-0.2, 0) is 17.6 Å². The van der Waals surface area contributed by atoms with Crippen LogP contribution in [0.2, 0.25) is 0 Å². The molecule has 6 rings (SSSR count). The number of rotatable bonds is 12. The maximum atomic E-state index is 11.7. The number of carbonyl (C=O) groups is 1. The molecule has 10 heteroatoms. The summed E-state index contributed by atoms with van der Waals surface area (Å²) in [7, 11) is 0. The molecule has 50 heavy (non-hydrogen) atoms. The van der Waals surface area contributed by atoms with E-state index in [9.17, 15) is 20.1 Å². The van der Waals surface area contributed by atoms with Crippen LogP contribution in [0.25, 0.3) is 22.5 Å². The fraction of sp³-hybridized carbons (Fsp3) is 0.175. The lowest BCUT2D eigenvalue weighted by Crippen LogP contribution is -2.30. The smallest absolute Gasteiger partial charge is 0.326 e. The minimum Gasteiger partial charge on any atom is -0.508 e. The monoisotopic (exact) mass is 668 g/mol. The van der Waals surface area contributed by atoms with Gasteiger partial charge in [-0.1, -0.05) is 80.4 Å². The third-order valence-electron chi connectivity index (χ3n) is 7.93. The molecule has 0 amide bonds. The molecule has 0 aliphatic heterocycles. The Morgan fingerprint density at radius 1 is 0.700 bits per heavy atom. The number of nitrogens with one attached hydrogen (secondary N) is 1. The maximum Gasteiger partial charge on any atom is 0.326 e. The van der Waals surface area contributed by atoms with E-state index in [-0.39, 0.29) is 11.5 Å². The molecule has 1 atom stereocenters. The topological polar surface area (TPSA) is 167 Å². The highest BCUT2D eigenvalue weighted by molar-refractivity contribution is 5.77. The van der Waals surface area contributed by atoms with Gasteiger partial charge in [0.05, 0.1) is 35.2 Å². The van der Waals surface area contributed by atoms with E-state index in [1.54, 1.807) is 48.8 Å². The first-order valence-corrected chi connectivity index (χ1v) is 16.4. The molecular formula is C40H40N6O4. The lowest BCUT2D eigenvalue weighted by Gasteiger charge is -2.17. The minimum absolute atomic E-state index is 0.185. The number of unbranched alkanes of at least 4 members (excludes halogenated alkanes) is 1. The van der Waals surface area contributed by atoms with E-state index in [0.29, 0.717) is 42.3 Å². The van der Waals surface area contributed by atoms with Crippen molar-refractivity contribution in [2.75, 3.05) is 11.1 Å². The number of nitrogens with two attached hydrogens (primary N) is 1. The molecule has 0 fully saturated rings. The normalized spacial score (nSPS) is 11.2. The summed E-state index contributed by atoms with van der Waals surface area (Å²) in [5, 5.41) is 31.5. The molecule has 4 aromatic carbocycles. The van der Waals surface area contributed by atoms with Gasteiger partial charge in [-0.3, -0.25) is 0 Å². The van der Waals surface area contributed by atoms with Crippen LogP contribution in [0.5, 0.6) is 11.5 Å². The lowest BCUT2D eigenvalue weighted by molar-refractivity contribution is -0.138. The summed E-state index contributed by atoms with van der Waals surface area (Å²) in [6.07, 6.45) is 6.72. The average Bonchev–Trinajstić information content (AvgIpc) is 3.13. The SMILES string of the molecule is CCCCC(Nc1ncc(-c2ccc(O)cc2)nc1Cc1ccccc1)C(=O)O.Nc1ncc(-c2ccc(O)cc2)nc1Cc1ccccc1. The van der Waals surface area contributed by atoms with Gasteiger partial charge in [0.25, 0.3) is 0 Å². The van der Waals surface area contributed by atoms with Gasteiger partial charge in [0.1, 0.15) is 29.2 Å².